The van der Waals surface area contributed by atoms with Gasteiger partial charge in [-0.15, -0.1) is 24.5 Å². The number of thioether (sulfide) groups is 1. The quantitative estimate of drug-likeness (QED) is 0.393. The van der Waals surface area contributed by atoms with Gasteiger partial charge in [-0.05, 0) is 30.0 Å². The molecule has 0 unspecified atom stereocenters. The molecule has 2 amide bonds. The number of nitrogens with one attached hydrogen (secondary N) is 2. The second kappa shape index (κ2) is 11.4. The number of rotatable bonds is 6. The van der Waals surface area contributed by atoms with Gasteiger partial charge in [-0.1, -0.05) is 0 Å². The maximum Gasteiger partial charge on any atom is 0.573 e. The van der Waals surface area contributed by atoms with Crippen LogP contribution in [0.5, 0.6) is 5.75 Å². The molecule has 34 heavy (non-hydrogen) atoms. The predicted octanol–water partition coefficient (Wildman–Crippen LogP) is 2.53. The number of carbonyl (C=O) groups excluding carboxylic acids is 2. The topological polar surface area (TPSA) is 143 Å². The van der Waals surface area contributed by atoms with Crippen LogP contribution in [0.3, 0.4) is 0 Å². The van der Waals surface area contributed by atoms with Gasteiger partial charge in [-0.3, -0.25) is 24.9 Å². The van der Waals surface area contributed by atoms with Crippen molar-refractivity contribution < 1.29 is 32.2 Å². The summed E-state index contributed by atoms with van der Waals surface area (Å²) < 4.78 is 47.6. The molecule has 1 aromatic carbocycles. The van der Waals surface area contributed by atoms with Gasteiger partial charge in [0.05, 0.1) is 35.8 Å². The molecule has 182 valence electrons. The van der Waals surface area contributed by atoms with Crippen LogP contribution in [0.25, 0.3) is 0 Å². The average Bonchev–Trinajstić information content (AvgIpc) is 3.29. The Morgan fingerprint density at radius 3 is 2.74 bits per heavy atom. The number of halogens is 3. The van der Waals surface area contributed by atoms with Crippen LogP contribution in [0.2, 0.25) is 0 Å². The van der Waals surface area contributed by atoms with E-state index in [1.165, 1.54) is 23.0 Å². The van der Waals surface area contributed by atoms with E-state index < -0.39 is 23.9 Å². The summed E-state index contributed by atoms with van der Waals surface area (Å²) in [5, 5.41) is 10.1. The second-order valence-corrected chi connectivity index (χ2v) is 8.66. The molecule has 0 aliphatic carbocycles. The van der Waals surface area contributed by atoms with E-state index in [9.17, 15) is 22.8 Å². The highest BCUT2D eigenvalue weighted by molar-refractivity contribution is 8.27. The molecular formula is C19H19F3N6O4S2. The normalized spacial score (nSPS) is 15.1. The number of benzene rings is 1. The first-order valence-corrected chi connectivity index (χ1v) is 11.3. The Morgan fingerprint density at radius 2 is 2.09 bits per heavy atom. The number of carbonyl (C=O) groups is 2. The molecule has 0 radical (unpaired) electrons. The Labute approximate surface area is 199 Å². The number of ether oxygens (including phenoxy) is 2. The molecule has 0 saturated carbocycles. The van der Waals surface area contributed by atoms with Gasteiger partial charge in [0.1, 0.15) is 5.04 Å². The van der Waals surface area contributed by atoms with Crippen LogP contribution in [-0.4, -0.2) is 71.1 Å². The van der Waals surface area contributed by atoms with Crippen LogP contribution in [-0.2, 0) is 9.53 Å². The Balaban J connectivity index is 1.75. The molecule has 2 heterocycles. The fourth-order valence-corrected chi connectivity index (χ4v) is 4.02. The van der Waals surface area contributed by atoms with E-state index in [2.05, 4.69) is 20.0 Å². The molecule has 4 N–H and O–H groups in total. The number of thiazole rings is 1. The Bertz CT molecular complexity index is 1070. The fraction of sp³-hybridized carbons (Fsp3) is 0.316. The number of hydrogen-bond donors (Lipinski definition) is 3. The number of anilines is 1. The van der Waals surface area contributed by atoms with Gasteiger partial charge in [-0.2, -0.15) is 4.99 Å². The largest absolute Gasteiger partial charge is 0.573 e. The molecule has 1 fully saturated rings. The third-order valence-corrected chi connectivity index (χ3v) is 5.92. The lowest BCUT2D eigenvalue weighted by atomic mass is 10.1. The van der Waals surface area contributed by atoms with Crippen molar-refractivity contribution in [1.82, 2.24) is 9.88 Å². The van der Waals surface area contributed by atoms with Crippen molar-refractivity contribution in [2.24, 2.45) is 10.7 Å². The van der Waals surface area contributed by atoms with Crippen LogP contribution >= 0.6 is 23.1 Å². The molecule has 10 nitrogen and oxygen atoms in total. The first-order chi connectivity index (χ1) is 16.1. The fourth-order valence-electron chi connectivity index (χ4n) is 2.80. The summed E-state index contributed by atoms with van der Waals surface area (Å²) in [4.78, 5) is 34.7. The molecule has 1 aliphatic rings. The maximum atomic E-state index is 12.8. The molecule has 0 bridgehead atoms. The summed E-state index contributed by atoms with van der Waals surface area (Å²) in [6.07, 6.45) is -3.55. The number of aromatic nitrogens is 1. The molecule has 0 spiro atoms. The van der Waals surface area contributed by atoms with E-state index in [4.69, 9.17) is 15.9 Å². The molecule has 1 aliphatic heterocycles. The number of nitrogens with two attached hydrogens (primary N) is 1. The molecule has 2 aromatic rings. The van der Waals surface area contributed by atoms with Gasteiger partial charge in [0.2, 0.25) is 5.91 Å². The summed E-state index contributed by atoms with van der Waals surface area (Å²) in [5.74, 6) is -2.14. The van der Waals surface area contributed by atoms with Gasteiger partial charge < -0.3 is 20.5 Å². The number of amides is 2. The molecule has 1 saturated heterocycles. The van der Waals surface area contributed by atoms with E-state index >= 15 is 0 Å². The Kier molecular flexibility index (Phi) is 8.60. The summed E-state index contributed by atoms with van der Waals surface area (Å²) in [6, 6.07) is 3.00. The number of amidine groups is 1. The summed E-state index contributed by atoms with van der Waals surface area (Å²) in [5.41, 5.74) is 6.78. The van der Waals surface area contributed by atoms with Crippen molar-refractivity contribution in [2.75, 3.05) is 38.2 Å². The zero-order valence-electron chi connectivity index (χ0n) is 17.4. The van der Waals surface area contributed by atoms with E-state index in [0.717, 1.165) is 30.0 Å². The van der Waals surface area contributed by atoms with Gasteiger partial charge in [0.25, 0.3) is 5.91 Å². The lowest BCUT2D eigenvalue weighted by Gasteiger charge is -2.26. The van der Waals surface area contributed by atoms with E-state index in [1.54, 1.807) is 4.90 Å². The van der Waals surface area contributed by atoms with Crippen molar-refractivity contribution >= 4 is 50.8 Å². The highest BCUT2D eigenvalue weighted by atomic mass is 32.2. The van der Waals surface area contributed by atoms with Crippen molar-refractivity contribution in [3.63, 3.8) is 0 Å². The third-order valence-electron chi connectivity index (χ3n) is 4.27. The number of nitrogens with zero attached hydrogens (tertiary/aromatic N) is 3. The molecular weight excluding hydrogens is 497 g/mol. The lowest BCUT2D eigenvalue weighted by molar-refractivity contribution is -0.274. The maximum absolute atomic E-state index is 12.8. The van der Waals surface area contributed by atoms with Gasteiger partial charge in [0, 0.05) is 24.8 Å². The molecule has 3 rings (SSSR count). The van der Waals surface area contributed by atoms with Crippen LogP contribution < -0.4 is 15.8 Å². The van der Waals surface area contributed by atoms with Gasteiger partial charge in [-0.25, -0.2) is 0 Å². The number of hydrogen-bond acceptors (Lipinski definition) is 9. The highest BCUT2D eigenvalue weighted by Gasteiger charge is 2.32. The monoisotopic (exact) mass is 516 g/mol. The summed E-state index contributed by atoms with van der Waals surface area (Å²) in [7, 11) is 0. The zero-order chi connectivity index (χ0) is 24.7. The molecule has 15 heteroatoms. The van der Waals surface area contributed by atoms with E-state index in [0.29, 0.717) is 31.2 Å². The standard InChI is InChI=1S/C19H19F3N6O4S2/c20-19(21,22)32-13-2-1-11(7-12(13)26-15(29)9-28-3-5-31-6-4-28)17(30)27-18(24)34-16(23)14-8-25-10-33-14/h1-2,7-8,10,23H,3-6,9H2,(H,26,29)(H2,24,27,30). The minimum atomic E-state index is -5.01. The summed E-state index contributed by atoms with van der Waals surface area (Å²) >= 11 is 1.93. The van der Waals surface area contributed by atoms with Crippen LogP contribution in [0.15, 0.2) is 34.9 Å². The van der Waals surface area contributed by atoms with Crippen molar-refractivity contribution in [2.45, 2.75) is 6.36 Å². The smallest absolute Gasteiger partial charge is 0.404 e. The lowest BCUT2D eigenvalue weighted by Crippen LogP contribution is -2.41. The van der Waals surface area contributed by atoms with E-state index in [1.807, 2.05) is 0 Å². The zero-order valence-corrected chi connectivity index (χ0v) is 19.1. The van der Waals surface area contributed by atoms with Crippen LogP contribution in [0.1, 0.15) is 15.2 Å². The second-order valence-electron chi connectivity index (χ2n) is 6.75. The summed E-state index contributed by atoms with van der Waals surface area (Å²) in [6.45, 7) is 1.81. The van der Waals surface area contributed by atoms with Crippen LogP contribution in [0, 0.1) is 5.41 Å². The van der Waals surface area contributed by atoms with Crippen molar-refractivity contribution in [3.8, 4) is 5.75 Å². The SMILES string of the molecule is N=C(SC(N)=NC(=O)c1ccc(OC(F)(F)F)c(NC(=O)CN2CCOCC2)c1)c1cncs1. The first kappa shape index (κ1) is 25.6. The predicted molar refractivity (Wildman–Crippen MR) is 122 cm³/mol. The molecule has 0 atom stereocenters. The van der Waals surface area contributed by atoms with Gasteiger partial charge in [0.15, 0.2) is 10.9 Å². The Morgan fingerprint density at radius 1 is 1.35 bits per heavy atom. The van der Waals surface area contributed by atoms with Crippen LogP contribution in [0.4, 0.5) is 18.9 Å². The third kappa shape index (κ3) is 7.79. The minimum absolute atomic E-state index is 0.0292. The first-order valence-electron chi connectivity index (χ1n) is 9.64. The average molecular weight is 517 g/mol. The number of alkyl halides is 3. The number of morpholine rings is 1. The van der Waals surface area contributed by atoms with Gasteiger partial charge >= 0.3 is 6.36 Å². The Hall–Kier alpha value is -3.01. The minimum Gasteiger partial charge on any atom is -0.404 e. The van der Waals surface area contributed by atoms with E-state index in [-0.39, 0.29) is 28.0 Å². The number of aliphatic imine (C=N–C) groups is 1. The molecule has 1 aromatic heterocycles. The van der Waals surface area contributed by atoms with Crippen molar-refractivity contribution in [1.29, 1.82) is 5.41 Å². The van der Waals surface area contributed by atoms with Crippen molar-refractivity contribution in [3.05, 3.63) is 40.3 Å². The highest BCUT2D eigenvalue weighted by Crippen LogP contribution is 2.31.